The Kier molecular flexibility index (Phi) is 6.17. The maximum absolute atomic E-state index is 10.2. The monoisotopic (exact) mass is 296 g/mol. The zero-order valence-corrected chi connectivity index (χ0v) is 13.5. The van der Waals surface area contributed by atoms with Crippen molar-refractivity contribution in [2.75, 3.05) is 45.9 Å². The zero-order chi connectivity index (χ0) is 15.2. The third kappa shape index (κ3) is 4.78. The highest BCUT2D eigenvalue weighted by molar-refractivity contribution is 5.15. The average Bonchev–Trinajstić information content (AvgIpc) is 2.66. The number of aliphatic hydroxyl groups is 1. The smallest absolute Gasteiger partial charge is 0.0793 e. The molecular formula is C15H28N4O2. The molecule has 1 N–H and O–H groups in total. The maximum atomic E-state index is 10.2. The molecule has 0 spiro atoms. The third-order valence-electron chi connectivity index (χ3n) is 4.07. The van der Waals surface area contributed by atoms with Crippen molar-refractivity contribution in [2.24, 2.45) is 7.05 Å². The Morgan fingerprint density at radius 2 is 2.05 bits per heavy atom. The normalized spacial score (nSPS) is 21.6. The fraction of sp³-hybridized carbons (Fsp3) is 0.800. The van der Waals surface area contributed by atoms with Crippen LogP contribution in [-0.4, -0.2) is 76.7 Å². The molecular weight excluding hydrogens is 268 g/mol. The summed E-state index contributed by atoms with van der Waals surface area (Å²) in [5, 5.41) is 14.5. The van der Waals surface area contributed by atoms with E-state index in [0.717, 1.165) is 52.5 Å². The molecule has 1 aliphatic heterocycles. The number of aliphatic hydroxyl groups excluding tert-OH is 1. The molecule has 1 fully saturated rings. The van der Waals surface area contributed by atoms with Crippen molar-refractivity contribution >= 4 is 0 Å². The number of hydrogen-bond donors (Lipinski definition) is 1. The number of aromatic nitrogens is 2. The van der Waals surface area contributed by atoms with E-state index in [0.29, 0.717) is 0 Å². The molecule has 1 atom stereocenters. The molecule has 6 heteroatoms. The van der Waals surface area contributed by atoms with Crippen LogP contribution in [0, 0.1) is 6.92 Å². The first-order valence-corrected chi connectivity index (χ1v) is 7.78. The molecule has 1 saturated heterocycles. The van der Waals surface area contributed by atoms with Gasteiger partial charge in [-0.3, -0.25) is 14.5 Å². The summed E-state index contributed by atoms with van der Waals surface area (Å²) in [6.45, 7) is 10.7. The molecule has 0 bridgehead atoms. The Bertz CT molecular complexity index is 416. The molecule has 0 unspecified atom stereocenters. The van der Waals surface area contributed by atoms with Crippen LogP contribution in [0.1, 0.15) is 18.2 Å². The van der Waals surface area contributed by atoms with Gasteiger partial charge in [0, 0.05) is 52.9 Å². The van der Waals surface area contributed by atoms with Crippen molar-refractivity contribution in [3.8, 4) is 0 Å². The minimum absolute atomic E-state index is 0.303. The van der Waals surface area contributed by atoms with E-state index in [1.54, 1.807) is 0 Å². The highest BCUT2D eigenvalue weighted by atomic mass is 16.5. The molecule has 6 nitrogen and oxygen atoms in total. The van der Waals surface area contributed by atoms with E-state index < -0.39 is 0 Å². The average molecular weight is 296 g/mol. The van der Waals surface area contributed by atoms with E-state index in [9.17, 15) is 5.11 Å². The van der Waals surface area contributed by atoms with E-state index in [2.05, 4.69) is 21.8 Å². The molecule has 0 aliphatic carbocycles. The van der Waals surface area contributed by atoms with Gasteiger partial charge in [0.05, 0.1) is 24.6 Å². The van der Waals surface area contributed by atoms with Crippen molar-refractivity contribution < 1.29 is 9.84 Å². The number of rotatable bonds is 6. The van der Waals surface area contributed by atoms with Crippen molar-refractivity contribution in [1.82, 2.24) is 19.6 Å². The Morgan fingerprint density at radius 1 is 1.33 bits per heavy atom. The second-order valence-corrected chi connectivity index (χ2v) is 5.78. The second-order valence-electron chi connectivity index (χ2n) is 5.78. The summed E-state index contributed by atoms with van der Waals surface area (Å²) in [6, 6.07) is 0. The first kappa shape index (κ1) is 16.4. The number of β-amino-alcohol motifs (C(OH)–C–C–N with tert-alkyl or cyclic N) is 1. The SMILES string of the molecule is CCOCCN1CCN(Cc2c(C)cnn2C)C[C@H](O)C1. The summed E-state index contributed by atoms with van der Waals surface area (Å²) in [6.07, 6.45) is 1.60. The molecule has 2 rings (SSSR count). The van der Waals surface area contributed by atoms with Gasteiger partial charge in [0.2, 0.25) is 0 Å². The van der Waals surface area contributed by atoms with E-state index in [4.69, 9.17) is 4.74 Å². The fourth-order valence-corrected chi connectivity index (χ4v) is 2.82. The number of aryl methyl sites for hydroxylation is 2. The Hall–Kier alpha value is -0.950. The molecule has 0 amide bonds. The highest BCUT2D eigenvalue weighted by Crippen LogP contribution is 2.12. The number of hydrogen-bond acceptors (Lipinski definition) is 5. The van der Waals surface area contributed by atoms with Crippen LogP contribution in [0.2, 0.25) is 0 Å². The first-order valence-electron chi connectivity index (χ1n) is 7.78. The van der Waals surface area contributed by atoms with Crippen LogP contribution < -0.4 is 0 Å². The lowest BCUT2D eigenvalue weighted by atomic mass is 10.2. The maximum Gasteiger partial charge on any atom is 0.0793 e. The highest BCUT2D eigenvalue weighted by Gasteiger charge is 2.22. The van der Waals surface area contributed by atoms with Crippen LogP contribution in [0.4, 0.5) is 0 Å². The van der Waals surface area contributed by atoms with Gasteiger partial charge in [-0.05, 0) is 19.4 Å². The summed E-state index contributed by atoms with van der Waals surface area (Å²) in [7, 11) is 1.98. The van der Waals surface area contributed by atoms with Crippen molar-refractivity contribution in [3.05, 3.63) is 17.5 Å². The number of ether oxygens (including phenoxy) is 1. The summed E-state index contributed by atoms with van der Waals surface area (Å²) in [4.78, 5) is 4.60. The van der Waals surface area contributed by atoms with E-state index in [1.807, 2.05) is 24.9 Å². The molecule has 0 aromatic carbocycles. The Morgan fingerprint density at radius 3 is 2.71 bits per heavy atom. The van der Waals surface area contributed by atoms with Gasteiger partial charge in [0.15, 0.2) is 0 Å². The predicted octanol–water partition coefficient (Wildman–Crippen LogP) is 0.244. The van der Waals surface area contributed by atoms with Gasteiger partial charge in [-0.2, -0.15) is 5.10 Å². The standard InChI is InChI=1S/C15H28N4O2/c1-4-21-8-7-18-5-6-19(11-14(20)10-18)12-15-13(2)9-16-17(15)3/h9,14,20H,4-8,10-12H2,1-3H3/t14-/m1/s1. The van der Waals surface area contributed by atoms with Gasteiger partial charge >= 0.3 is 0 Å². The molecule has 1 aromatic rings. The quantitative estimate of drug-likeness (QED) is 0.762. The molecule has 0 radical (unpaired) electrons. The summed E-state index contributed by atoms with van der Waals surface area (Å²) in [5.41, 5.74) is 2.44. The van der Waals surface area contributed by atoms with Crippen LogP contribution in [0.25, 0.3) is 0 Å². The Labute approximate surface area is 127 Å². The van der Waals surface area contributed by atoms with Crippen molar-refractivity contribution in [3.63, 3.8) is 0 Å². The topological polar surface area (TPSA) is 53.8 Å². The zero-order valence-electron chi connectivity index (χ0n) is 13.5. The van der Waals surface area contributed by atoms with Crippen LogP contribution in [0.3, 0.4) is 0 Å². The van der Waals surface area contributed by atoms with Gasteiger partial charge in [0.25, 0.3) is 0 Å². The van der Waals surface area contributed by atoms with Gasteiger partial charge in [0.1, 0.15) is 0 Å². The predicted molar refractivity (Wildman–Crippen MR) is 82.2 cm³/mol. The molecule has 2 heterocycles. The summed E-state index contributed by atoms with van der Waals surface area (Å²) in [5.74, 6) is 0. The molecule has 120 valence electrons. The van der Waals surface area contributed by atoms with Crippen molar-refractivity contribution in [1.29, 1.82) is 0 Å². The first-order chi connectivity index (χ1) is 10.1. The lowest BCUT2D eigenvalue weighted by Crippen LogP contribution is -2.35. The van der Waals surface area contributed by atoms with E-state index >= 15 is 0 Å². The largest absolute Gasteiger partial charge is 0.390 e. The summed E-state index contributed by atoms with van der Waals surface area (Å²) < 4.78 is 7.34. The second kappa shape index (κ2) is 7.89. The molecule has 1 aliphatic rings. The van der Waals surface area contributed by atoms with E-state index in [1.165, 1.54) is 11.3 Å². The Balaban J connectivity index is 1.88. The van der Waals surface area contributed by atoms with Gasteiger partial charge in [-0.1, -0.05) is 0 Å². The van der Waals surface area contributed by atoms with Crippen LogP contribution in [0.15, 0.2) is 6.20 Å². The minimum Gasteiger partial charge on any atom is -0.390 e. The lowest BCUT2D eigenvalue weighted by Gasteiger charge is -2.21. The minimum atomic E-state index is -0.303. The number of nitrogens with zero attached hydrogens (tertiary/aromatic N) is 4. The van der Waals surface area contributed by atoms with Crippen LogP contribution in [-0.2, 0) is 18.3 Å². The molecule has 1 aromatic heterocycles. The molecule has 21 heavy (non-hydrogen) atoms. The van der Waals surface area contributed by atoms with Crippen molar-refractivity contribution in [2.45, 2.75) is 26.5 Å². The van der Waals surface area contributed by atoms with Gasteiger partial charge in [-0.25, -0.2) is 0 Å². The fourth-order valence-electron chi connectivity index (χ4n) is 2.82. The van der Waals surface area contributed by atoms with Gasteiger partial charge in [-0.15, -0.1) is 0 Å². The van der Waals surface area contributed by atoms with Crippen LogP contribution in [0.5, 0.6) is 0 Å². The lowest BCUT2D eigenvalue weighted by molar-refractivity contribution is 0.0836. The van der Waals surface area contributed by atoms with Gasteiger partial charge < -0.3 is 9.84 Å². The van der Waals surface area contributed by atoms with E-state index in [-0.39, 0.29) is 6.10 Å². The summed E-state index contributed by atoms with van der Waals surface area (Å²) >= 11 is 0. The molecule has 0 saturated carbocycles. The van der Waals surface area contributed by atoms with Crippen LogP contribution >= 0.6 is 0 Å². The third-order valence-corrected chi connectivity index (χ3v) is 4.07.